The molecule has 0 bridgehead atoms. The molecule has 5 heteroatoms. The monoisotopic (exact) mass is 306 g/mol. The average Bonchev–Trinajstić information content (AvgIpc) is 2.81. The van der Waals surface area contributed by atoms with E-state index in [1.807, 2.05) is 12.1 Å². The van der Waals surface area contributed by atoms with Crippen molar-refractivity contribution in [3.05, 3.63) is 23.0 Å². The number of aromatic nitrogens is 2. The van der Waals surface area contributed by atoms with E-state index in [4.69, 9.17) is 21.7 Å². The fourth-order valence-electron chi connectivity index (χ4n) is 3.03. The van der Waals surface area contributed by atoms with Crippen LogP contribution in [0.5, 0.6) is 5.75 Å². The van der Waals surface area contributed by atoms with Crippen molar-refractivity contribution in [1.82, 2.24) is 9.55 Å². The summed E-state index contributed by atoms with van der Waals surface area (Å²) in [4.78, 5) is 3.33. The normalized spacial score (nSPS) is 22.6. The Hall–Kier alpha value is -1.33. The summed E-state index contributed by atoms with van der Waals surface area (Å²) in [5.41, 5.74) is 2.14. The van der Waals surface area contributed by atoms with Crippen molar-refractivity contribution in [1.29, 1.82) is 0 Å². The lowest BCUT2D eigenvalue weighted by Gasteiger charge is -2.28. The zero-order chi connectivity index (χ0) is 14.8. The molecule has 0 saturated carbocycles. The molecule has 21 heavy (non-hydrogen) atoms. The van der Waals surface area contributed by atoms with Gasteiger partial charge in [-0.25, -0.2) is 0 Å². The van der Waals surface area contributed by atoms with Gasteiger partial charge in [0, 0.05) is 12.6 Å². The van der Waals surface area contributed by atoms with Crippen molar-refractivity contribution >= 4 is 23.3 Å². The van der Waals surface area contributed by atoms with Gasteiger partial charge in [0.15, 0.2) is 4.77 Å². The molecule has 2 aromatic rings. The lowest BCUT2D eigenvalue weighted by molar-refractivity contribution is 0.00647. The van der Waals surface area contributed by atoms with E-state index in [1.54, 1.807) is 0 Å². The fourth-order valence-corrected chi connectivity index (χ4v) is 3.38. The van der Waals surface area contributed by atoms with Gasteiger partial charge in [-0.15, -0.1) is 0 Å². The summed E-state index contributed by atoms with van der Waals surface area (Å²) in [5, 5.41) is 0. The van der Waals surface area contributed by atoms with Crippen molar-refractivity contribution in [2.75, 3.05) is 13.2 Å². The first-order valence-corrected chi connectivity index (χ1v) is 8.09. The Morgan fingerprint density at radius 3 is 3.10 bits per heavy atom. The van der Waals surface area contributed by atoms with Crippen molar-refractivity contribution in [2.45, 2.75) is 45.3 Å². The van der Waals surface area contributed by atoms with Crippen molar-refractivity contribution in [2.24, 2.45) is 0 Å². The van der Waals surface area contributed by atoms with Gasteiger partial charge in [0.25, 0.3) is 0 Å². The van der Waals surface area contributed by atoms with E-state index in [-0.39, 0.29) is 6.10 Å². The van der Waals surface area contributed by atoms with Crippen LogP contribution in [0.2, 0.25) is 0 Å². The summed E-state index contributed by atoms with van der Waals surface area (Å²) in [6, 6.07) is 6.55. The maximum absolute atomic E-state index is 5.83. The Kier molecular flexibility index (Phi) is 4.31. The van der Waals surface area contributed by atoms with Crippen LogP contribution in [0.25, 0.3) is 11.0 Å². The number of hydrogen-bond donors (Lipinski definition) is 1. The lowest BCUT2D eigenvalue weighted by atomic mass is 10.0. The second-order valence-corrected chi connectivity index (χ2v) is 6.05. The molecule has 2 atom stereocenters. The molecule has 1 aliphatic rings. The van der Waals surface area contributed by atoms with Crippen LogP contribution in [-0.4, -0.2) is 28.9 Å². The zero-order valence-corrected chi connectivity index (χ0v) is 13.4. The van der Waals surface area contributed by atoms with Crippen LogP contribution in [-0.2, 0) is 4.74 Å². The number of nitrogens with one attached hydrogen (secondary N) is 1. The highest BCUT2D eigenvalue weighted by atomic mass is 32.1. The number of fused-ring (bicyclic) bond motifs is 1. The van der Waals surface area contributed by atoms with Crippen LogP contribution in [0.3, 0.4) is 0 Å². The molecule has 4 nitrogen and oxygen atoms in total. The molecule has 1 saturated heterocycles. The summed E-state index contributed by atoms with van der Waals surface area (Å²) in [5.74, 6) is 0.888. The minimum absolute atomic E-state index is 0.287. The molecule has 3 rings (SSSR count). The van der Waals surface area contributed by atoms with Crippen molar-refractivity contribution < 1.29 is 9.47 Å². The molecule has 1 aromatic heterocycles. The van der Waals surface area contributed by atoms with Crippen LogP contribution >= 0.6 is 12.2 Å². The lowest BCUT2D eigenvalue weighted by Crippen LogP contribution is -2.25. The predicted octanol–water partition coefficient (Wildman–Crippen LogP) is 4.23. The van der Waals surface area contributed by atoms with Gasteiger partial charge in [0.2, 0.25) is 0 Å². The van der Waals surface area contributed by atoms with E-state index < -0.39 is 0 Å². The third-order valence-electron chi connectivity index (χ3n) is 4.00. The maximum Gasteiger partial charge on any atom is 0.178 e. The Labute approximate surface area is 130 Å². The van der Waals surface area contributed by atoms with Crippen molar-refractivity contribution in [3.63, 3.8) is 0 Å². The molecule has 2 heterocycles. The molecule has 0 radical (unpaired) electrons. The minimum atomic E-state index is 0.287. The third-order valence-corrected chi connectivity index (χ3v) is 4.30. The molecule has 1 aliphatic heterocycles. The summed E-state index contributed by atoms with van der Waals surface area (Å²) in [6.07, 6.45) is 3.29. The second kappa shape index (κ2) is 6.20. The van der Waals surface area contributed by atoms with Crippen LogP contribution < -0.4 is 4.74 Å². The Morgan fingerprint density at radius 2 is 2.33 bits per heavy atom. The molecule has 0 spiro atoms. The number of imidazole rings is 1. The number of para-hydroxylation sites is 1. The topological polar surface area (TPSA) is 39.2 Å². The third kappa shape index (κ3) is 2.85. The Bertz CT molecular complexity index is 676. The first-order valence-electron chi connectivity index (χ1n) is 7.68. The molecular weight excluding hydrogens is 284 g/mol. The van der Waals surface area contributed by atoms with E-state index in [0.717, 1.165) is 54.0 Å². The number of nitrogens with zero attached hydrogens (tertiary/aromatic N) is 1. The number of benzene rings is 1. The molecule has 1 aromatic carbocycles. The van der Waals surface area contributed by atoms with Crippen LogP contribution in [0.1, 0.15) is 39.2 Å². The first kappa shape index (κ1) is 14.6. The fraction of sp³-hybridized carbons (Fsp3) is 0.562. The van der Waals surface area contributed by atoms with Crippen LogP contribution in [0.4, 0.5) is 0 Å². The van der Waals surface area contributed by atoms with Gasteiger partial charge < -0.3 is 19.0 Å². The van der Waals surface area contributed by atoms with Gasteiger partial charge >= 0.3 is 0 Å². The smallest absolute Gasteiger partial charge is 0.178 e. The Balaban J connectivity index is 2.03. The summed E-state index contributed by atoms with van der Waals surface area (Å²) >= 11 is 5.56. The minimum Gasteiger partial charge on any atom is -0.491 e. The molecule has 114 valence electrons. The van der Waals surface area contributed by atoms with Gasteiger partial charge in [-0.2, -0.15) is 0 Å². The van der Waals surface area contributed by atoms with Gasteiger partial charge in [0.05, 0.1) is 18.2 Å². The second-order valence-electron chi connectivity index (χ2n) is 5.66. The highest BCUT2D eigenvalue weighted by Gasteiger charge is 2.23. The molecule has 2 unspecified atom stereocenters. The van der Waals surface area contributed by atoms with Gasteiger partial charge in [-0.3, -0.25) is 0 Å². The van der Waals surface area contributed by atoms with Gasteiger partial charge in [0.1, 0.15) is 11.3 Å². The number of aromatic amines is 1. The maximum atomic E-state index is 5.83. The first-order chi connectivity index (χ1) is 10.2. The summed E-state index contributed by atoms with van der Waals surface area (Å²) in [6.45, 7) is 5.75. The van der Waals surface area contributed by atoms with E-state index in [0.29, 0.717) is 6.04 Å². The van der Waals surface area contributed by atoms with Gasteiger partial charge in [-0.05, 0) is 50.5 Å². The van der Waals surface area contributed by atoms with Crippen molar-refractivity contribution in [3.8, 4) is 5.75 Å². The molecule has 0 amide bonds. The molecule has 1 N–H and O–H groups in total. The number of hydrogen-bond acceptors (Lipinski definition) is 3. The van der Waals surface area contributed by atoms with Gasteiger partial charge in [-0.1, -0.05) is 13.0 Å². The quantitative estimate of drug-likeness (QED) is 0.859. The summed E-state index contributed by atoms with van der Waals surface area (Å²) in [7, 11) is 0. The van der Waals surface area contributed by atoms with E-state index in [1.165, 1.54) is 0 Å². The van der Waals surface area contributed by atoms with E-state index >= 15 is 0 Å². The molecular formula is C16H22N2O2S. The number of ether oxygens (including phenoxy) is 2. The average molecular weight is 306 g/mol. The highest BCUT2D eigenvalue weighted by Crippen LogP contribution is 2.32. The van der Waals surface area contributed by atoms with E-state index in [2.05, 4.69) is 29.5 Å². The van der Waals surface area contributed by atoms with Crippen LogP contribution in [0, 0.1) is 4.77 Å². The molecule has 1 fully saturated rings. The largest absolute Gasteiger partial charge is 0.491 e. The summed E-state index contributed by atoms with van der Waals surface area (Å²) < 4.78 is 14.5. The zero-order valence-electron chi connectivity index (χ0n) is 12.6. The standard InChI is InChI=1S/C16H22N2O2S/c1-3-8-20-14-6-4-5-13-15(14)17-16(21)18(13)12-7-9-19-11(2)10-12/h4-6,11-12H,3,7-10H2,1-2H3,(H,17,21). The SMILES string of the molecule is CCCOc1cccc2c1[nH]c(=S)n2C1CCOC(C)C1. The highest BCUT2D eigenvalue weighted by molar-refractivity contribution is 7.71. The number of H-pyrrole nitrogens is 1. The molecule has 0 aliphatic carbocycles. The number of rotatable bonds is 4. The van der Waals surface area contributed by atoms with E-state index in [9.17, 15) is 0 Å². The Morgan fingerprint density at radius 1 is 1.48 bits per heavy atom. The van der Waals surface area contributed by atoms with Crippen LogP contribution in [0.15, 0.2) is 18.2 Å². The predicted molar refractivity (Wildman–Crippen MR) is 86.6 cm³/mol.